The van der Waals surface area contributed by atoms with E-state index in [2.05, 4.69) is 17.4 Å². The number of benzene rings is 2. The van der Waals surface area contributed by atoms with Gasteiger partial charge in [0, 0.05) is 28.7 Å². The van der Waals surface area contributed by atoms with Crippen LogP contribution in [-0.4, -0.2) is 12.8 Å². The van der Waals surface area contributed by atoms with Gasteiger partial charge in [-0.15, -0.1) is 11.8 Å². The van der Waals surface area contributed by atoms with Gasteiger partial charge >= 0.3 is 0 Å². The highest BCUT2D eigenvalue weighted by molar-refractivity contribution is 7.99. The molecule has 0 saturated carbocycles. The molecule has 1 aliphatic rings. The Kier molecular flexibility index (Phi) is 3.76. The van der Waals surface area contributed by atoms with Crippen LogP contribution < -0.4 is 5.32 Å². The van der Waals surface area contributed by atoms with Crippen LogP contribution in [0.15, 0.2) is 47.4 Å². The number of halogens is 2. The first-order valence-corrected chi connectivity index (χ1v) is 7.52. The van der Waals surface area contributed by atoms with Crippen molar-refractivity contribution in [2.45, 2.75) is 16.9 Å². The van der Waals surface area contributed by atoms with Gasteiger partial charge in [-0.1, -0.05) is 18.2 Å². The summed E-state index contributed by atoms with van der Waals surface area (Å²) in [5, 5.41) is 3.21. The summed E-state index contributed by atoms with van der Waals surface area (Å²) < 4.78 is 26.9. The third-order valence-electron chi connectivity index (χ3n) is 3.69. The topological polar surface area (TPSA) is 12.0 Å². The highest BCUT2D eigenvalue weighted by Crippen LogP contribution is 2.45. The van der Waals surface area contributed by atoms with Crippen molar-refractivity contribution in [1.82, 2.24) is 5.32 Å². The summed E-state index contributed by atoms with van der Waals surface area (Å²) in [5.74, 6) is 0.0870. The molecule has 1 heterocycles. The first kappa shape index (κ1) is 13.6. The highest BCUT2D eigenvalue weighted by Gasteiger charge is 2.30. The maximum atomic E-state index is 13.4. The molecule has 4 heteroatoms. The molecule has 1 aliphatic heterocycles. The van der Waals surface area contributed by atoms with Gasteiger partial charge in [-0.2, -0.15) is 0 Å². The molecule has 104 valence electrons. The number of fused-ring (bicyclic) bond motifs is 1. The van der Waals surface area contributed by atoms with Gasteiger partial charge in [0.25, 0.3) is 0 Å². The van der Waals surface area contributed by atoms with Crippen LogP contribution in [0.5, 0.6) is 0 Å². The number of nitrogens with one attached hydrogen (secondary N) is 1. The zero-order valence-corrected chi connectivity index (χ0v) is 11.9. The second-order valence-electron chi connectivity index (χ2n) is 4.92. The van der Waals surface area contributed by atoms with Crippen LogP contribution >= 0.6 is 11.8 Å². The third-order valence-corrected chi connectivity index (χ3v) is 4.90. The van der Waals surface area contributed by atoms with E-state index in [4.69, 9.17) is 0 Å². The standard InChI is InChI=1S/C16H15F2NS/c1-19-16(10-6-11(17)8-12(18)7-10)14-9-20-15-5-3-2-4-13(14)15/h2-8,14,16,19H,9H2,1H3. The monoisotopic (exact) mass is 291 g/mol. The quantitative estimate of drug-likeness (QED) is 0.913. The van der Waals surface area contributed by atoms with Crippen LogP contribution in [0, 0.1) is 11.6 Å². The lowest BCUT2D eigenvalue weighted by molar-refractivity contribution is 0.502. The minimum absolute atomic E-state index is 0.0867. The van der Waals surface area contributed by atoms with E-state index in [1.54, 1.807) is 11.8 Å². The molecule has 2 aromatic rings. The van der Waals surface area contributed by atoms with Crippen molar-refractivity contribution in [3.8, 4) is 0 Å². The SMILES string of the molecule is CNC(c1cc(F)cc(F)c1)C1CSc2ccccc21. The lowest BCUT2D eigenvalue weighted by Crippen LogP contribution is -2.24. The molecule has 0 bridgehead atoms. The molecule has 0 fully saturated rings. The lowest BCUT2D eigenvalue weighted by atomic mass is 9.88. The van der Waals surface area contributed by atoms with Crippen molar-refractivity contribution in [3.05, 3.63) is 65.2 Å². The van der Waals surface area contributed by atoms with Gasteiger partial charge < -0.3 is 5.32 Å². The van der Waals surface area contributed by atoms with Gasteiger partial charge in [0.2, 0.25) is 0 Å². The minimum Gasteiger partial charge on any atom is -0.312 e. The Morgan fingerprint density at radius 1 is 1.15 bits per heavy atom. The van der Waals surface area contributed by atoms with Crippen molar-refractivity contribution in [3.63, 3.8) is 0 Å². The van der Waals surface area contributed by atoms with Gasteiger partial charge in [-0.3, -0.25) is 0 Å². The smallest absolute Gasteiger partial charge is 0.126 e. The first-order valence-electron chi connectivity index (χ1n) is 6.54. The largest absolute Gasteiger partial charge is 0.312 e. The predicted octanol–water partition coefficient (Wildman–Crippen LogP) is 4.11. The number of hydrogen-bond acceptors (Lipinski definition) is 2. The molecule has 0 saturated heterocycles. The maximum Gasteiger partial charge on any atom is 0.126 e. The molecular weight excluding hydrogens is 276 g/mol. The van der Waals surface area contributed by atoms with Gasteiger partial charge in [0.15, 0.2) is 0 Å². The van der Waals surface area contributed by atoms with Crippen LogP contribution in [-0.2, 0) is 0 Å². The molecule has 0 aromatic heterocycles. The Labute approximate surface area is 121 Å². The fourth-order valence-electron chi connectivity index (χ4n) is 2.82. The van der Waals surface area contributed by atoms with E-state index in [1.807, 2.05) is 19.2 Å². The Morgan fingerprint density at radius 2 is 1.85 bits per heavy atom. The fraction of sp³-hybridized carbons (Fsp3) is 0.250. The van der Waals surface area contributed by atoms with E-state index in [-0.39, 0.29) is 12.0 Å². The number of likely N-dealkylation sites (N-methyl/N-ethyl adjacent to an activating group) is 1. The predicted molar refractivity (Wildman–Crippen MR) is 78.1 cm³/mol. The second kappa shape index (κ2) is 5.54. The molecule has 0 amide bonds. The Balaban J connectivity index is 1.99. The first-order chi connectivity index (χ1) is 9.69. The van der Waals surface area contributed by atoms with Gasteiger partial charge in [-0.05, 0) is 36.4 Å². The summed E-state index contributed by atoms with van der Waals surface area (Å²) in [6, 6.07) is 11.9. The summed E-state index contributed by atoms with van der Waals surface area (Å²) in [5.41, 5.74) is 1.91. The Morgan fingerprint density at radius 3 is 2.55 bits per heavy atom. The molecule has 2 aromatic carbocycles. The van der Waals surface area contributed by atoms with Crippen molar-refractivity contribution >= 4 is 11.8 Å². The molecule has 1 nitrogen and oxygen atoms in total. The normalized spacial score (nSPS) is 18.9. The Bertz CT molecular complexity index is 609. The highest BCUT2D eigenvalue weighted by atomic mass is 32.2. The molecule has 20 heavy (non-hydrogen) atoms. The maximum absolute atomic E-state index is 13.4. The number of rotatable bonds is 3. The van der Waals surface area contributed by atoms with Crippen molar-refractivity contribution < 1.29 is 8.78 Å². The number of thioether (sulfide) groups is 1. The second-order valence-corrected chi connectivity index (χ2v) is 5.99. The van der Waals surface area contributed by atoms with Crippen LogP contribution in [0.1, 0.15) is 23.1 Å². The average Bonchev–Trinajstić information content (AvgIpc) is 2.83. The van der Waals surface area contributed by atoms with E-state index in [9.17, 15) is 8.78 Å². The van der Waals surface area contributed by atoms with E-state index in [0.29, 0.717) is 5.56 Å². The van der Waals surface area contributed by atoms with E-state index in [1.165, 1.54) is 22.6 Å². The molecule has 3 rings (SSSR count). The summed E-state index contributed by atoms with van der Waals surface area (Å²) in [7, 11) is 1.83. The van der Waals surface area contributed by atoms with Crippen LogP contribution in [0.4, 0.5) is 8.78 Å². The molecule has 0 radical (unpaired) electrons. The summed E-state index contributed by atoms with van der Waals surface area (Å²) in [4.78, 5) is 1.26. The molecule has 0 spiro atoms. The number of hydrogen-bond donors (Lipinski definition) is 1. The average molecular weight is 291 g/mol. The zero-order chi connectivity index (χ0) is 14.1. The van der Waals surface area contributed by atoms with Crippen molar-refractivity contribution in [2.24, 2.45) is 0 Å². The van der Waals surface area contributed by atoms with Gasteiger partial charge in [-0.25, -0.2) is 8.78 Å². The lowest BCUT2D eigenvalue weighted by Gasteiger charge is -2.24. The van der Waals surface area contributed by atoms with Crippen LogP contribution in [0.25, 0.3) is 0 Å². The van der Waals surface area contributed by atoms with Crippen molar-refractivity contribution in [2.75, 3.05) is 12.8 Å². The van der Waals surface area contributed by atoms with Crippen molar-refractivity contribution in [1.29, 1.82) is 0 Å². The minimum atomic E-state index is -0.529. The fourth-order valence-corrected chi connectivity index (χ4v) is 4.11. The molecular formula is C16H15F2NS. The Hall–Kier alpha value is -1.39. The summed E-state index contributed by atoms with van der Waals surface area (Å²) in [6.07, 6.45) is 0. The molecule has 2 unspecified atom stereocenters. The third kappa shape index (κ3) is 2.45. The summed E-state index contributed by atoms with van der Waals surface area (Å²) >= 11 is 1.80. The van der Waals surface area contributed by atoms with E-state index >= 15 is 0 Å². The van der Waals surface area contributed by atoms with Gasteiger partial charge in [0.1, 0.15) is 11.6 Å². The molecule has 0 aliphatic carbocycles. The zero-order valence-electron chi connectivity index (χ0n) is 11.1. The van der Waals surface area contributed by atoms with E-state index in [0.717, 1.165) is 11.8 Å². The summed E-state index contributed by atoms with van der Waals surface area (Å²) in [6.45, 7) is 0. The van der Waals surface area contributed by atoms with Crippen LogP contribution in [0.3, 0.4) is 0 Å². The van der Waals surface area contributed by atoms with Crippen LogP contribution in [0.2, 0.25) is 0 Å². The molecule has 2 atom stereocenters. The van der Waals surface area contributed by atoms with Gasteiger partial charge in [0.05, 0.1) is 0 Å². The van der Waals surface area contributed by atoms with E-state index < -0.39 is 11.6 Å². The molecule has 1 N–H and O–H groups in total.